The van der Waals surface area contributed by atoms with Gasteiger partial charge in [-0.25, -0.2) is 32.8 Å². The van der Waals surface area contributed by atoms with Gasteiger partial charge in [-0.1, -0.05) is 26.8 Å². The number of benzene rings is 1. The van der Waals surface area contributed by atoms with Gasteiger partial charge < -0.3 is 5.11 Å². The summed E-state index contributed by atoms with van der Waals surface area (Å²) in [6.07, 6.45) is 6.63. The summed E-state index contributed by atoms with van der Waals surface area (Å²) in [5.74, 6) is -3.57. The van der Waals surface area contributed by atoms with E-state index in [-0.39, 0.29) is 34.9 Å². The third-order valence-corrected chi connectivity index (χ3v) is 9.52. The predicted molar refractivity (Wildman–Crippen MR) is 136 cm³/mol. The second kappa shape index (κ2) is 10.6. The molecule has 0 amide bonds. The van der Waals surface area contributed by atoms with E-state index < -0.39 is 50.3 Å². The monoisotopic (exact) mass is 581 g/mol. The molecule has 2 bridgehead atoms. The molecule has 14 heteroatoms. The Kier molecular flexibility index (Phi) is 7.91. The molecule has 2 fully saturated rings. The van der Waals surface area contributed by atoms with E-state index in [0.29, 0.717) is 18.9 Å². The van der Waals surface area contributed by atoms with Gasteiger partial charge in [-0.05, 0) is 30.2 Å². The standard InChI is InChI=1S/C16H14F3N5O.C10H16O4S/c1-10(15-14(19)5-20-7-22-15)16(25,6-24-9-21-8-23-24)12-3-2-11(17)4-13(12)18;1-9(2)7-3-4-10(9,8(11)5-7)6-15(12,13)14/h2-5,7-10,25H,6H2,1H3;7H,3-6H2,1-2H3,(H,12,13,14)/t10-,16+;7-,10-/m00/s1. The van der Waals surface area contributed by atoms with Crippen molar-refractivity contribution in [2.24, 2.45) is 16.7 Å². The van der Waals surface area contributed by atoms with Crippen LogP contribution < -0.4 is 0 Å². The van der Waals surface area contributed by atoms with Gasteiger partial charge in [0.2, 0.25) is 0 Å². The average molecular weight is 582 g/mol. The van der Waals surface area contributed by atoms with E-state index in [1.807, 2.05) is 13.8 Å². The minimum atomic E-state index is -4.08. The summed E-state index contributed by atoms with van der Waals surface area (Å²) in [6, 6.07) is 2.80. The van der Waals surface area contributed by atoms with Gasteiger partial charge in [-0.3, -0.25) is 9.35 Å². The van der Waals surface area contributed by atoms with Crippen LogP contribution >= 0.6 is 0 Å². The summed E-state index contributed by atoms with van der Waals surface area (Å²) >= 11 is 0. The number of fused-ring (bicyclic) bond motifs is 2. The maximum Gasteiger partial charge on any atom is 0.265 e. The van der Waals surface area contributed by atoms with Crippen LogP contribution in [0.1, 0.15) is 57.2 Å². The van der Waals surface area contributed by atoms with Crippen molar-refractivity contribution in [2.45, 2.75) is 58.1 Å². The summed E-state index contributed by atoms with van der Waals surface area (Å²) in [5, 5.41) is 15.2. The maximum absolute atomic E-state index is 14.4. The normalized spacial score (nSPS) is 23.8. The SMILES string of the molecule is CC1(C)[C@H]2CC[C@]1(CS(=O)(=O)O)C(=O)C2.C[C@@H](c1ncncc1F)[C@](O)(Cn1cncn1)c1ccc(F)cc1F. The van der Waals surface area contributed by atoms with E-state index in [1.165, 1.54) is 24.3 Å². The molecule has 0 spiro atoms. The van der Waals surface area contributed by atoms with Crippen LogP contribution in [0, 0.1) is 34.2 Å². The molecule has 40 heavy (non-hydrogen) atoms. The molecule has 4 atom stereocenters. The Morgan fingerprint density at radius 3 is 2.42 bits per heavy atom. The van der Waals surface area contributed by atoms with Crippen LogP contribution in [0.3, 0.4) is 0 Å². The largest absolute Gasteiger partial charge is 0.382 e. The average Bonchev–Trinajstić information content (AvgIpc) is 3.49. The number of halogens is 3. The number of aliphatic hydroxyl groups is 1. The zero-order chi connectivity index (χ0) is 29.5. The fraction of sp³-hybridized carbons (Fsp3) is 0.500. The quantitative estimate of drug-likeness (QED) is 0.400. The van der Waals surface area contributed by atoms with E-state index in [1.54, 1.807) is 0 Å². The van der Waals surface area contributed by atoms with Gasteiger partial charge in [0.1, 0.15) is 42.0 Å². The Bertz CT molecular complexity index is 1500. The smallest absolute Gasteiger partial charge is 0.265 e. The lowest BCUT2D eigenvalue weighted by Gasteiger charge is -2.35. The molecule has 2 aliphatic carbocycles. The Balaban J connectivity index is 0.000000210. The fourth-order valence-electron chi connectivity index (χ4n) is 6.14. The van der Waals surface area contributed by atoms with Gasteiger partial charge >= 0.3 is 0 Å². The van der Waals surface area contributed by atoms with Gasteiger partial charge in [-0.2, -0.15) is 13.5 Å². The molecule has 0 saturated heterocycles. The van der Waals surface area contributed by atoms with Crippen molar-refractivity contribution >= 4 is 15.9 Å². The molecule has 2 aromatic heterocycles. The molecule has 3 aromatic rings. The first kappa shape index (κ1) is 29.7. The highest BCUT2D eigenvalue weighted by atomic mass is 32.2. The van der Waals surface area contributed by atoms with Crippen LogP contribution in [0.25, 0.3) is 0 Å². The Morgan fingerprint density at radius 1 is 1.18 bits per heavy atom. The van der Waals surface area contributed by atoms with E-state index in [9.17, 15) is 31.5 Å². The molecule has 0 unspecified atom stereocenters. The molecule has 0 radical (unpaired) electrons. The van der Waals surface area contributed by atoms with E-state index >= 15 is 0 Å². The number of carbonyl (C=O) groups is 1. The Morgan fingerprint density at radius 2 is 1.90 bits per heavy atom. The van der Waals surface area contributed by atoms with Crippen molar-refractivity contribution in [1.29, 1.82) is 0 Å². The number of aromatic nitrogens is 5. The third-order valence-electron chi connectivity index (χ3n) is 8.66. The number of nitrogens with zero attached hydrogens (tertiary/aromatic N) is 5. The van der Waals surface area contributed by atoms with Crippen LogP contribution in [0.2, 0.25) is 0 Å². The highest BCUT2D eigenvalue weighted by Gasteiger charge is 2.65. The van der Waals surface area contributed by atoms with Gasteiger partial charge in [0, 0.05) is 24.0 Å². The molecular weight excluding hydrogens is 551 g/mol. The molecule has 216 valence electrons. The van der Waals surface area contributed by atoms with Gasteiger partial charge in [-0.15, -0.1) is 0 Å². The second-order valence-electron chi connectivity index (χ2n) is 11.0. The number of Topliss-reactive ketones (excluding diaryl/α,β-unsaturated/α-hetero) is 1. The highest BCUT2D eigenvalue weighted by molar-refractivity contribution is 7.85. The lowest BCUT2D eigenvalue weighted by molar-refractivity contribution is -0.128. The molecule has 2 N–H and O–H groups in total. The number of ketones is 1. The lowest BCUT2D eigenvalue weighted by Crippen LogP contribution is -2.42. The topological polar surface area (TPSA) is 148 Å². The fourth-order valence-corrected chi connectivity index (χ4v) is 7.44. The van der Waals surface area contributed by atoms with E-state index in [2.05, 4.69) is 20.1 Å². The number of hydrogen-bond acceptors (Lipinski definition) is 8. The summed E-state index contributed by atoms with van der Waals surface area (Å²) in [5.41, 5.74) is -3.37. The van der Waals surface area contributed by atoms with Crippen molar-refractivity contribution in [3.8, 4) is 0 Å². The maximum atomic E-state index is 14.4. The van der Waals surface area contributed by atoms with Crippen LogP contribution in [0.15, 0.2) is 43.4 Å². The first-order valence-corrected chi connectivity index (χ1v) is 14.2. The van der Waals surface area contributed by atoms with Crippen LogP contribution in [-0.2, 0) is 27.1 Å². The van der Waals surface area contributed by atoms with Gasteiger partial charge in [0.25, 0.3) is 10.1 Å². The van der Waals surface area contributed by atoms with Crippen molar-refractivity contribution in [2.75, 3.05) is 5.75 Å². The molecular formula is C26H30F3N5O5S. The summed E-state index contributed by atoms with van der Waals surface area (Å²) in [7, 11) is -4.08. The molecule has 1 aromatic carbocycles. The molecule has 5 rings (SSSR count). The molecule has 2 saturated carbocycles. The van der Waals surface area contributed by atoms with Crippen molar-refractivity contribution in [3.63, 3.8) is 0 Å². The van der Waals surface area contributed by atoms with Crippen LogP contribution in [0.4, 0.5) is 13.2 Å². The number of carbonyl (C=O) groups excluding carboxylic acids is 1. The second-order valence-corrected chi connectivity index (χ2v) is 12.5. The minimum Gasteiger partial charge on any atom is -0.382 e. The van der Waals surface area contributed by atoms with Crippen LogP contribution in [-0.4, -0.2) is 54.3 Å². The first-order valence-electron chi connectivity index (χ1n) is 12.5. The third kappa shape index (κ3) is 5.39. The zero-order valence-electron chi connectivity index (χ0n) is 22.1. The summed E-state index contributed by atoms with van der Waals surface area (Å²) in [6.45, 7) is 5.15. The summed E-state index contributed by atoms with van der Waals surface area (Å²) < 4.78 is 74.0. The van der Waals surface area contributed by atoms with Crippen molar-refractivity contribution in [3.05, 3.63) is 72.1 Å². The first-order chi connectivity index (χ1) is 18.6. The Labute approximate surface area is 229 Å². The van der Waals surface area contributed by atoms with Crippen molar-refractivity contribution < 1.29 is 36.0 Å². The van der Waals surface area contributed by atoms with Crippen molar-refractivity contribution in [1.82, 2.24) is 24.7 Å². The number of hydrogen-bond donors (Lipinski definition) is 2. The molecule has 2 aliphatic rings. The van der Waals surface area contributed by atoms with Gasteiger partial charge in [0.15, 0.2) is 5.82 Å². The molecule has 10 nitrogen and oxygen atoms in total. The van der Waals surface area contributed by atoms with E-state index in [0.717, 1.165) is 31.1 Å². The zero-order valence-corrected chi connectivity index (χ0v) is 22.9. The Hall–Kier alpha value is -3.23. The highest BCUT2D eigenvalue weighted by Crippen LogP contribution is 2.64. The predicted octanol–water partition coefficient (Wildman–Crippen LogP) is 3.45. The lowest BCUT2D eigenvalue weighted by atomic mass is 9.70. The molecule has 0 aliphatic heterocycles. The van der Waals surface area contributed by atoms with E-state index in [4.69, 9.17) is 4.55 Å². The number of rotatable bonds is 7. The van der Waals surface area contributed by atoms with Crippen LogP contribution in [0.5, 0.6) is 0 Å². The summed E-state index contributed by atoms with van der Waals surface area (Å²) in [4.78, 5) is 23.1. The minimum absolute atomic E-state index is 0.0152. The van der Waals surface area contributed by atoms with Gasteiger partial charge in [0.05, 0.1) is 29.6 Å². The molecule has 2 heterocycles.